The SMILES string of the molecule is O=C(c1cnc(-c2ccccn2)nc1)N1C[C@H]2C[C@@H](n3cccn3)[C@H](O)C[C@H]2C1. The fourth-order valence-corrected chi connectivity index (χ4v) is 4.58. The monoisotopic (exact) mass is 390 g/mol. The Labute approximate surface area is 168 Å². The van der Waals surface area contributed by atoms with Crippen LogP contribution in [0.25, 0.3) is 11.5 Å². The molecule has 4 heterocycles. The lowest BCUT2D eigenvalue weighted by molar-refractivity contribution is 0.0306. The van der Waals surface area contributed by atoms with Crippen molar-refractivity contribution in [1.82, 2.24) is 29.6 Å². The number of amides is 1. The molecule has 1 saturated carbocycles. The maximum absolute atomic E-state index is 13.0. The first-order valence-corrected chi connectivity index (χ1v) is 9.89. The predicted molar refractivity (Wildman–Crippen MR) is 105 cm³/mol. The molecule has 29 heavy (non-hydrogen) atoms. The molecule has 5 rings (SSSR count). The summed E-state index contributed by atoms with van der Waals surface area (Å²) in [5.41, 5.74) is 1.16. The molecule has 1 aliphatic heterocycles. The highest BCUT2D eigenvalue weighted by Gasteiger charge is 2.43. The molecule has 3 aromatic rings. The summed E-state index contributed by atoms with van der Waals surface area (Å²) < 4.78 is 1.84. The van der Waals surface area contributed by atoms with Gasteiger partial charge in [0, 0.05) is 44.1 Å². The molecule has 0 unspecified atom stereocenters. The lowest BCUT2D eigenvalue weighted by atomic mass is 9.77. The smallest absolute Gasteiger partial charge is 0.257 e. The number of pyridine rings is 1. The van der Waals surface area contributed by atoms with E-state index in [9.17, 15) is 9.90 Å². The first kappa shape index (κ1) is 17.9. The third-order valence-electron chi connectivity index (χ3n) is 6.05. The maximum Gasteiger partial charge on any atom is 0.257 e. The Bertz CT molecular complexity index is 976. The third kappa shape index (κ3) is 3.40. The topological polar surface area (TPSA) is 97.0 Å². The molecule has 1 aliphatic carbocycles. The van der Waals surface area contributed by atoms with Crippen LogP contribution in [0.1, 0.15) is 29.2 Å². The van der Waals surface area contributed by atoms with Crippen LogP contribution in [-0.2, 0) is 0 Å². The van der Waals surface area contributed by atoms with Gasteiger partial charge < -0.3 is 10.0 Å². The highest BCUT2D eigenvalue weighted by molar-refractivity contribution is 5.94. The second-order valence-electron chi connectivity index (χ2n) is 7.83. The van der Waals surface area contributed by atoms with Crippen LogP contribution in [0.15, 0.2) is 55.2 Å². The summed E-state index contributed by atoms with van der Waals surface area (Å²) in [5, 5.41) is 14.9. The van der Waals surface area contributed by atoms with Gasteiger partial charge in [-0.1, -0.05) is 6.07 Å². The van der Waals surface area contributed by atoms with Crippen LogP contribution in [0.5, 0.6) is 0 Å². The number of hydrogen-bond donors (Lipinski definition) is 1. The maximum atomic E-state index is 13.0. The van der Waals surface area contributed by atoms with Gasteiger partial charge in [0.15, 0.2) is 5.82 Å². The minimum atomic E-state index is -0.438. The van der Waals surface area contributed by atoms with E-state index in [1.54, 1.807) is 24.8 Å². The minimum Gasteiger partial charge on any atom is -0.391 e. The van der Waals surface area contributed by atoms with Gasteiger partial charge in [-0.15, -0.1) is 0 Å². The molecule has 0 bridgehead atoms. The molecular formula is C21H22N6O2. The van der Waals surface area contributed by atoms with Crippen molar-refractivity contribution in [2.24, 2.45) is 11.8 Å². The van der Waals surface area contributed by atoms with Crippen LogP contribution >= 0.6 is 0 Å². The fraction of sp³-hybridized carbons (Fsp3) is 0.381. The molecule has 0 radical (unpaired) electrons. The summed E-state index contributed by atoms with van der Waals surface area (Å²) in [4.78, 5) is 27.7. The number of aliphatic hydroxyl groups excluding tert-OH is 1. The van der Waals surface area contributed by atoms with Gasteiger partial charge in [0.25, 0.3) is 5.91 Å². The third-order valence-corrected chi connectivity index (χ3v) is 6.05. The molecule has 2 aliphatic rings. The van der Waals surface area contributed by atoms with Gasteiger partial charge in [0.1, 0.15) is 5.69 Å². The summed E-state index contributed by atoms with van der Waals surface area (Å²) in [7, 11) is 0. The van der Waals surface area contributed by atoms with Crippen molar-refractivity contribution in [3.05, 3.63) is 60.8 Å². The van der Waals surface area contributed by atoms with Crippen molar-refractivity contribution in [3.8, 4) is 11.5 Å². The van der Waals surface area contributed by atoms with E-state index >= 15 is 0 Å². The number of aromatic nitrogens is 5. The molecule has 8 heteroatoms. The normalized spacial score (nSPS) is 26.3. The van der Waals surface area contributed by atoms with Gasteiger partial charge in [0.05, 0.1) is 17.7 Å². The van der Waals surface area contributed by atoms with Crippen LogP contribution in [0, 0.1) is 11.8 Å². The lowest BCUT2D eigenvalue weighted by Crippen LogP contribution is -2.36. The molecule has 148 valence electrons. The van der Waals surface area contributed by atoms with Crippen LogP contribution < -0.4 is 0 Å². The zero-order valence-corrected chi connectivity index (χ0v) is 15.9. The standard InChI is InChI=1S/C21H22N6O2/c28-19-9-15-13-26(12-14(15)8-18(19)27-7-3-6-25-27)21(29)16-10-23-20(24-11-16)17-4-1-2-5-22-17/h1-7,10-11,14-15,18-19,28H,8-9,12-13H2/t14-,15+,18-,19-/m1/s1. The van der Waals surface area contributed by atoms with Crippen molar-refractivity contribution in [3.63, 3.8) is 0 Å². The van der Waals surface area contributed by atoms with E-state index in [4.69, 9.17) is 0 Å². The summed E-state index contributed by atoms with van der Waals surface area (Å²) in [6.45, 7) is 1.35. The van der Waals surface area contributed by atoms with E-state index in [2.05, 4.69) is 20.1 Å². The molecule has 1 amide bonds. The number of carbonyl (C=O) groups is 1. The average molecular weight is 390 g/mol. The van der Waals surface area contributed by atoms with E-state index in [1.165, 1.54) is 0 Å². The predicted octanol–water partition coefficient (Wildman–Crippen LogP) is 1.82. The quantitative estimate of drug-likeness (QED) is 0.733. The Balaban J connectivity index is 1.28. The van der Waals surface area contributed by atoms with Gasteiger partial charge in [-0.2, -0.15) is 5.10 Å². The van der Waals surface area contributed by atoms with Crippen molar-refractivity contribution >= 4 is 5.91 Å². The summed E-state index contributed by atoms with van der Waals surface area (Å²) >= 11 is 0. The van der Waals surface area contributed by atoms with Crippen LogP contribution in [0.3, 0.4) is 0 Å². The second-order valence-corrected chi connectivity index (χ2v) is 7.83. The Kier molecular flexibility index (Phi) is 4.55. The van der Waals surface area contributed by atoms with Crippen LogP contribution in [0.2, 0.25) is 0 Å². The number of carbonyl (C=O) groups excluding carboxylic acids is 1. The Morgan fingerprint density at radius 2 is 1.79 bits per heavy atom. The lowest BCUT2D eigenvalue weighted by Gasteiger charge is -2.35. The zero-order chi connectivity index (χ0) is 19.8. The molecule has 1 saturated heterocycles. The van der Waals surface area contributed by atoms with Gasteiger partial charge in [0.2, 0.25) is 0 Å². The highest BCUT2D eigenvalue weighted by atomic mass is 16.3. The van der Waals surface area contributed by atoms with Crippen LogP contribution in [0.4, 0.5) is 0 Å². The van der Waals surface area contributed by atoms with Crippen molar-refractivity contribution in [2.75, 3.05) is 13.1 Å². The van der Waals surface area contributed by atoms with Crippen molar-refractivity contribution < 1.29 is 9.90 Å². The number of hydrogen-bond acceptors (Lipinski definition) is 6. The summed E-state index contributed by atoms with van der Waals surface area (Å²) in [5.74, 6) is 1.12. The first-order valence-electron chi connectivity index (χ1n) is 9.89. The largest absolute Gasteiger partial charge is 0.391 e. The molecule has 0 aromatic carbocycles. The number of fused-ring (bicyclic) bond motifs is 1. The zero-order valence-electron chi connectivity index (χ0n) is 15.9. The molecular weight excluding hydrogens is 368 g/mol. The van der Waals surface area contributed by atoms with E-state index in [0.29, 0.717) is 48.4 Å². The van der Waals surface area contributed by atoms with Gasteiger partial charge in [-0.25, -0.2) is 9.97 Å². The molecule has 1 N–H and O–H groups in total. The van der Waals surface area contributed by atoms with Gasteiger partial charge >= 0.3 is 0 Å². The molecule has 8 nitrogen and oxygen atoms in total. The Morgan fingerprint density at radius 3 is 2.48 bits per heavy atom. The highest BCUT2D eigenvalue weighted by Crippen LogP contribution is 2.41. The van der Waals surface area contributed by atoms with E-state index in [1.807, 2.05) is 40.0 Å². The van der Waals surface area contributed by atoms with Crippen LogP contribution in [-0.4, -0.2) is 59.8 Å². The van der Waals surface area contributed by atoms with Crippen molar-refractivity contribution in [2.45, 2.75) is 25.0 Å². The first-order chi connectivity index (χ1) is 14.2. The number of aliphatic hydroxyl groups is 1. The molecule has 4 atom stereocenters. The molecule has 3 aromatic heterocycles. The number of likely N-dealkylation sites (tertiary alicyclic amines) is 1. The summed E-state index contributed by atoms with van der Waals surface area (Å²) in [6.07, 6.45) is 9.54. The minimum absolute atomic E-state index is 0.0257. The number of rotatable bonds is 3. The van der Waals surface area contributed by atoms with Gasteiger partial charge in [-0.05, 0) is 42.9 Å². The molecule has 0 spiro atoms. The fourth-order valence-electron chi connectivity index (χ4n) is 4.58. The Hall–Kier alpha value is -3.13. The molecule has 2 fully saturated rings. The second kappa shape index (κ2) is 7.36. The van der Waals surface area contributed by atoms with E-state index in [0.717, 1.165) is 6.42 Å². The van der Waals surface area contributed by atoms with Gasteiger partial charge in [-0.3, -0.25) is 14.5 Å². The Morgan fingerprint density at radius 1 is 1.00 bits per heavy atom. The van der Waals surface area contributed by atoms with Crippen molar-refractivity contribution in [1.29, 1.82) is 0 Å². The summed E-state index contributed by atoms with van der Waals surface area (Å²) in [6, 6.07) is 7.40. The van der Waals surface area contributed by atoms with E-state index in [-0.39, 0.29) is 11.9 Å². The average Bonchev–Trinajstić information content (AvgIpc) is 3.43. The number of nitrogens with zero attached hydrogens (tertiary/aromatic N) is 6. The van der Waals surface area contributed by atoms with E-state index < -0.39 is 6.10 Å².